The molecule has 0 radical (unpaired) electrons. The zero-order valence-electron chi connectivity index (χ0n) is 16.5. The first kappa shape index (κ1) is 18.6. The molecule has 5 nitrogen and oxygen atoms in total. The van der Waals surface area contributed by atoms with Crippen LogP contribution in [-0.4, -0.2) is 32.1 Å². The van der Waals surface area contributed by atoms with E-state index in [1.54, 1.807) is 23.1 Å². The highest BCUT2D eigenvalue weighted by molar-refractivity contribution is 6.10. The largest absolute Gasteiger partial charge is 0.449 e. The summed E-state index contributed by atoms with van der Waals surface area (Å²) >= 11 is 0. The zero-order chi connectivity index (χ0) is 20.5. The lowest BCUT2D eigenvalue weighted by Gasteiger charge is -2.31. The maximum Gasteiger partial charge on any atom is 0.262 e. The molecule has 1 saturated heterocycles. The van der Waals surface area contributed by atoms with Crippen molar-refractivity contribution in [2.45, 2.75) is 6.54 Å². The third-order valence-corrected chi connectivity index (χ3v) is 5.55. The van der Waals surface area contributed by atoms with Gasteiger partial charge in [-0.1, -0.05) is 42.5 Å². The summed E-state index contributed by atoms with van der Waals surface area (Å²) in [6.07, 6.45) is 0. The van der Waals surface area contributed by atoms with E-state index in [4.69, 9.17) is 4.74 Å². The van der Waals surface area contributed by atoms with Crippen LogP contribution >= 0.6 is 0 Å². The van der Waals surface area contributed by atoms with Crippen molar-refractivity contribution in [1.29, 1.82) is 0 Å². The molecule has 2 aliphatic heterocycles. The van der Waals surface area contributed by atoms with E-state index in [9.17, 15) is 9.18 Å². The monoisotopic (exact) mass is 403 g/mol. The Morgan fingerprint density at radius 2 is 1.60 bits per heavy atom. The molecule has 0 atom stereocenters. The molecule has 0 bridgehead atoms. The molecule has 0 spiro atoms. The van der Waals surface area contributed by atoms with Crippen molar-refractivity contribution in [3.63, 3.8) is 0 Å². The van der Waals surface area contributed by atoms with Crippen LogP contribution in [0.15, 0.2) is 66.7 Å². The second-order valence-corrected chi connectivity index (χ2v) is 7.46. The highest BCUT2D eigenvalue weighted by Gasteiger charge is 2.32. The molecule has 2 aliphatic rings. The van der Waals surface area contributed by atoms with Gasteiger partial charge in [0.1, 0.15) is 0 Å². The van der Waals surface area contributed by atoms with Gasteiger partial charge < -0.3 is 19.9 Å². The quantitative estimate of drug-likeness (QED) is 0.712. The van der Waals surface area contributed by atoms with Gasteiger partial charge in [0.15, 0.2) is 17.3 Å². The minimum absolute atomic E-state index is 0.0862. The number of hydrogen-bond donors (Lipinski definition) is 1. The van der Waals surface area contributed by atoms with E-state index in [1.165, 1.54) is 6.07 Å². The third kappa shape index (κ3) is 3.29. The first-order chi connectivity index (χ1) is 14.7. The lowest BCUT2D eigenvalue weighted by atomic mass is 10.1. The van der Waals surface area contributed by atoms with E-state index in [1.807, 2.05) is 42.5 Å². The van der Waals surface area contributed by atoms with Gasteiger partial charge in [0.05, 0.1) is 23.5 Å². The number of carbonyl (C=O) groups is 1. The van der Waals surface area contributed by atoms with Crippen LogP contribution in [0.3, 0.4) is 0 Å². The molecule has 0 unspecified atom stereocenters. The second kappa shape index (κ2) is 7.80. The van der Waals surface area contributed by atoms with E-state index in [-0.39, 0.29) is 11.7 Å². The topological polar surface area (TPSA) is 44.8 Å². The van der Waals surface area contributed by atoms with Gasteiger partial charge in [0, 0.05) is 26.2 Å². The first-order valence-electron chi connectivity index (χ1n) is 10.1. The number of carbonyl (C=O) groups excluding carboxylic acids is 1. The molecule has 1 amide bonds. The van der Waals surface area contributed by atoms with Crippen molar-refractivity contribution < 1.29 is 13.9 Å². The van der Waals surface area contributed by atoms with Crippen LogP contribution in [0.25, 0.3) is 0 Å². The molecule has 5 rings (SSSR count). The van der Waals surface area contributed by atoms with Gasteiger partial charge >= 0.3 is 0 Å². The van der Waals surface area contributed by atoms with Crippen molar-refractivity contribution >= 4 is 17.3 Å². The third-order valence-electron chi connectivity index (χ3n) is 5.55. The molecular formula is C24H22FN3O2. The van der Waals surface area contributed by atoms with Gasteiger partial charge in [0.25, 0.3) is 5.91 Å². The number of para-hydroxylation sites is 2. The SMILES string of the molecule is O=C1c2cccc(N3CCNCC3)c2Oc2c(F)cccc2N1Cc1ccccc1. The van der Waals surface area contributed by atoms with Crippen LogP contribution < -0.4 is 19.9 Å². The first-order valence-corrected chi connectivity index (χ1v) is 10.1. The fraction of sp³-hybridized carbons (Fsp3) is 0.208. The average Bonchev–Trinajstić information content (AvgIpc) is 2.91. The fourth-order valence-electron chi connectivity index (χ4n) is 4.05. The van der Waals surface area contributed by atoms with Crippen LogP contribution in [0.5, 0.6) is 11.5 Å². The summed E-state index contributed by atoms with van der Waals surface area (Å²) in [6.45, 7) is 3.62. The molecule has 0 aromatic heterocycles. The lowest BCUT2D eigenvalue weighted by Crippen LogP contribution is -2.43. The van der Waals surface area contributed by atoms with E-state index in [2.05, 4.69) is 10.2 Å². The molecular weight excluding hydrogens is 381 g/mol. The Morgan fingerprint density at radius 1 is 0.867 bits per heavy atom. The van der Waals surface area contributed by atoms with Gasteiger partial charge in [-0.05, 0) is 29.8 Å². The molecule has 3 aromatic rings. The maximum atomic E-state index is 14.9. The van der Waals surface area contributed by atoms with Gasteiger partial charge in [0.2, 0.25) is 0 Å². The number of benzene rings is 3. The van der Waals surface area contributed by atoms with E-state index >= 15 is 0 Å². The van der Waals surface area contributed by atoms with Crippen LogP contribution in [0.2, 0.25) is 0 Å². The van der Waals surface area contributed by atoms with Crippen LogP contribution in [-0.2, 0) is 6.54 Å². The summed E-state index contributed by atoms with van der Waals surface area (Å²) in [7, 11) is 0. The van der Waals surface area contributed by atoms with Crippen LogP contribution in [0, 0.1) is 5.82 Å². The van der Waals surface area contributed by atoms with Crippen LogP contribution in [0.1, 0.15) is 15.9 Å². The summed E-state index contributed by atoms with van der Waals surface area (Å²) in [5.74, 6) is -0.175. The van der Waals surface area contributed by atoms with E-state index in [0.29, 0.717) is 23.5 Å². The van der Waals surface area contributed by atoms with Gasteiger partial charge in [-0.15, -0.1) is 0 Å². The molecule has 6 heteroatoms. The van der Waals surface area contributed by atoms with Crippen molar-refractivity contribution in [3.8, 4) is 11.5 Å². The smallest absolute Gasteiger partial charge is 0.262 e. The highest BCUT2D eigenvalue weighted by Crippen LogP contribution is 2.45. The number of rotatable bonds is 3. The molecule has 0 saturated carbocycles. The zero-order valence-corrected chi connectivity index (χ0v) is 16.5. The van der Waals surface area contributed by atoms with Crippen molar-refractivity contribution in [2.75, 3.05) is 36.0 Å². The Kier molecular flexibility index (Phi) is 4.85. The van der Waals surface area contributed by atoms with Gasteiger partial charge in [-0.3, -0.25) is 4.79 Å². The molecule has 1 N–H and O–H groups in total. The number of anilines is 2. The Morgan fingerprint density at radius 3 is 2.40 bits per heavy atom. The lowest BCUT2D eigenvalue weighted by molar-refractivity contribution is 0.0985. The Hall–Kier alpha value is -3.38. The minimum atomic E-state index is -0.485. The molecule has 30 heavy (non-hydrogen) atoms. The number of nitrogens with one attached hydrogen (secondary N) is 1. The van der Waals surface area contributed by atoms with Crippen molar-refractivity contribution in [1.82, 2.24) is 5.32 Å². The number of nitrogens with zero attached hydrogens (tertiary/aromatic N) is 2. The summed E-state index contributed by atoms with van der Waals surface area (Å²) in [6, 6.07) is 20.0. The number of fused-ring (bicyclic) bond motifs is 2. The summed E-state index contributed by atoms with van der Waals surface area (Å²) in [4.78, 5) is 17.4. The maximum absolute atomic E-state index is 14.9. The van der Waals surface area contributed by atoms with Gasteiger partial charge in [-0.2, -0.15) is 0 Å². The second-order valence-electron chi connectivity index (χ2n) is 7.46. The van der Waals surface area contributed by atoms with Crippen molar-refractivity contribution in [3.05, 3.63) is 83.7 Å². The predicted octanol–water partition coefficient (Wildman–Crippen LogP) is 4.19. The summed E-state index contributed by atoms with van der Waals surface area (Å²) in [5, 5.41) is 3.33. The summed E-state index contributed by atoms with van der Waals surface area (Å²) < 4.78 is 21.0. The van der Waals surface area contributed by atoms with E-state index < -0.39 is 5.82 Å². The fourth-order valence-corrected chi connectivity index (χ4v) is 4.05. The number of hydrogen-bond acceptors (Lipinski definition) is 4. The molecule has 2 heterocycles. The number of halogens is 1. The molecule has 152 valence electrons. The number of amides is 1. The molecule has 3 aromatic carbocycles. The standard InChI is InChI=1S/C24H22FN3O2/c25-19-9-5-11-21-23(19)30-22-18(8-4-10-20(22)27-14-12-26-13-15-27)24(29)28(21)16-17-6-2-1-3-7-17/h1-11,26H,12-16H2. The summed E-state index contributed by atoms with van der Waals surface area (Å²) in [5.41, 5.74) is 2.66. The number of piperazine rings is 1. The van der Waals surface area contributed by atoms with E-state index in [0.717, 1.165) is 37.4 Å². The van der Waals surface area contributed by atoms with Crippen molar-refractivity contribution in [2.24, 2.45) is 0 Å². The Labute approximate surface area is 174 Å². The highest BCUT2D eigenvalue weighted by atomic mass is 19.1. The van der Waals surface area contributed by atoms with Gasteiger partial charge in [-0.25, -0.2) is 4.39 Å². The molecule has 1 fully saturated rings. The predicted molar refractivity (Wildman–Crippen MR) is 115 cm³/mol. The Balaban J connectivity index is 1.65. The Bertz CT molecular complexity index is 1080. The number of ether oxygens (including phenoxy) is 1. The molecule has 0 aliphatic carbocycles. The normalized spacial score (nSPS) is 15.8. The van der Waals surface area contributed by atoms with Crippen LogP contribution in [0.4, 0.5) is 15.8 Å². The minimum Gasteiger partial charge on any atom is -0.449 e. The average molecular weight is 403 g/mol.